The predicted octanol–water partition coefficient (Wildman–Crippen LogP) is 3.19. The average Bonchev–Trinajstić information content (AvgIpc) is 2.90. The van der Waals surface area contributed by atoms with Crippen molar-refractivity contribution in [3.05, 3.63) is 71.3 Å². The first-order valence-electron chi connectivity index (χ1n) is 8.67. The zero-order chi connectivity index (χ0) is 17.9. The molecule has 1 fully saturated rings. The lowest BCUT2D eigenvalue weighted by atomic mass is 9.96. The summed E-state index contributed by atoms with van der Waals surface area (Å²) >= 11 is 0. The van der Waals surface area contributed by atoms with Gasteiger partial charge in [0.15, 0.2) is 0 Å². The molecular formula is C21H24N2O2. The summed E-state index contributed by atoms with van der Waals surface area (Å²) in [5.41, 5.74) is 2.46. The normalized spacial score (nSPS) is 19.9. The molecule has 1 aliphatic heterocycles. The van der Waals surface area contributed by atoms with Crippen LogP contribution in [-0.2, 0) is 22.7 Å². The Morgan fingerprint density at radius 3 is 2.56 bits per heavy atom. The van der Waals surface area contributed by atoms with Crippen LogP contribution in [0.1, 0.15) is 36.5 Å². The molecule has 2 aromatic carbocycles. The Morgan fingerprint density at radius 1 is 1.12 bits per heavy atom. The third kappa shape index (κ3) is 3.73. The molecule has 130 valence electrons. The van der Waals surface area contributed by atoms with Crippen LogP contribution in [0, 0.1) is 6.92 Å². The zero-order valence-corrected chi connectivity index (χ0v) is 14.8. The molecule has 2 aromatic rings. The molecule has 0 saturated carbocycles. The van der Waals surface area contributed by atoms with Crippen LogP contribution in [0.15, 0.2) is 54.6 Å². The van der Waals surface area contributed by atoms with Gasteiger partial charge in [-0.2, -0.15) is 0 Å². The topological polar surface area (TPSA) is 49.4 Å². The quantitative estimate of drug-likeness (QED) is 0.911. The summed E-state index contributed by atoms with van der Waals surface area (Å²) in [5.74, 6) is -0.0475. The number of aryl methyl sites for hydroxylation is 1. The van der Waals surface area contributed by atoms with Crippen molar-refractivity contribution < 1.29 is 9.59 Å². The number of nitrogens with one attached hydrogen (secondary N) is 1. The fraction of sp³-hybridized carbons (Fsp3) is 0.333. The highest BCUT2D eigenvalue weighted by Crippen LogP contribution is 2.32. The van der Waals surface area contributed by atoms with E-state index in [1.165, 1.54) is 0 Å². The molecule has 0 aliphatic carbocycles. The maximum Gasteiger partial charge on any atom is 0.245 e. The second-order valence-corrected chi connectivity index (χ2v) is 6.91. The summed E-state index contributed by atoms with van der Waals surface area (Å²) < 4.78 is 0. The number of hydrogen-bond acceptors (Lipinski definition) is 2. The second-order valence-electron chi connectivity index (χ2n) is 6.91. The lowest BCUT2D eigenvalue weighted by molar-refractivity contribution is -0.141. The number of amides is 2. The van der Waals surface area contributed by atoms with Gasteiger partial charge in [-0.05, 0) is 31.4 Å². The third-order valence-electron chi connectivity index (χ3n) is 4.93. The molecule has 1 aliphatic rings. The number of likely N-dealkylation sites (tertiary alicyclic amines) is 1. The Kier molecular flexibility index (Phi) is 4.88. The van der Waals surface area contributed by atoms with Gasteiger partial charge in [-0.25, -0.2) is 0 Å². The van der Waals surface area contributed by atoms with Gasteiger partial charge in [-0.1, -0.05) is 60.2 Å². The number of nitrogens with zero attached hydrogens (tertiary/aromatic N) is 1. The van der Waals surface area contributed by atoms with Gasteiger partial charge >= 0.3 is 0 Å². The molecule has 25 heavy (non-hydrogen) atoms. The van der Waals surface area contributed by atoms with Gasteiger partial charge in [0.2, 0.25) is 11.8 Å². The summed E-state index contributed by atoms with van der Waals surface area (Å²) in [7, 11) is 0. The highest BCUT2D eigenvalue weighted by molar-refractivity contribution is 5.94. The molecule has 0 aromatic heterocycles. The number of carbonyl (C=O) groups excluding carboxylic acids is 2. The number of carbonyl (C=O) groups is 2. The molecule has 1 heterocycles. The summed E-state index contributed by atoms with van der Waals surface area (Å²) in [5, 5.41) is 3.00. The van der Waals surface area contributed by atoms with E-state index in [-0.39, 0.29) is 11.8 Å². The highest BCUT2D eigenvalue weighted by Gasteiger charge is 2.46. The van der Waals surface area contributed by atoms with E-state index in [0.29, 0.717) is 25.9 Å². The fourth-order valence-corrected chi connectivity index (χ4v) is 3.36. The van der Waals surface area contributed by atoms with Gasteiger partial charge in [0.05, 0.1) is 0 Å². The summed E-state index contributed by atoms with van der Waals surface area (Å²) in [4.78, 5) is 27.0. The van der Waals surface area contributed by atoms with Crippen LogP contribution in [-0.4, -0.2) is 22.3 Å². The molecule has 0 bridgehead atoms. The van der Waals surface area contributed by atoms with Crippen LogP contribution >= 0.6 is 0 Å². The standard InChI is InChI=1S/C21H24N2O2/c1-16-7-6-10-18(13-16)15-23-19(24)11-12-21(23,2)20(25)22-14-17-8-4-3-5-9-17/h3-10,13H,11-12,14-15H2,1-2H3,(H,22,25)/t21-/m0/s1. The minimum atomic E-state index is -0.796. The van der Waals surface area contributed by atoms with Crippen molar-refractivity contribution in [2.75, 3.05) is 0 Å². The van der Waals surface area contributed by atoms with Gasteiger partial charge in [-0.15, -0.1) is 0 Å². The third-order valence-corrected chi connectivity index (χ3v) is 4.93. The largest absolute Gasteiger partial charge is 0.350 e. The fourth-order valence-electron chi connectivity index (χ4n) is 3.36. The van der Waals surface area contributed by atoms with Crippen molar-refractivity contribution in [2.45, 2.75) is 45.3 Å². The molecule has 4 nitrogen and oxygen atoms in total. The maximum absolute atomic E-state index is 12.8. The highest BCUT2D eigenvalue weighted by atomic mass is 16.2. The van der Waals surface area contributed by atoms with E-state index in [1.54, 1.807) is 4.90 Å². The first-order chi connectivity index (χ1) is 12.0. The molecule has 4 heteroatoms. The Labute approximate surface area is 148 Å². The molecule has 0 spiro atoms. The second kappa shape index (κ2) is 7.09. The van der Waals surface area contributed by atoms with E-state index >= 15 is 0 Å². The molecule has 0 radical (unpaired) electrons. The minimum Gasteiger partial charge on any atom is -0.350 e. The van der Waals surface area contributed by atoms with E-state index in [9.17, 15) is 9.59 Å². The Balaban J connectivity index is 1.73. The van der Waals surface area contributed by atoms with Crippen LogP contribution < -0.4 is 5.32 Å². The van der Waals surface area contributed by atoms with Crippen molar-refractivity contribution in [1.29, 1.82) is 0 Å². The van der Waals surface area contributed by atoms with E-state index in [4.69, 9.17) is 0 Å². The molecule has 0 unspecified atom stereocenters. The van der Waals surface area contributed by atoms with Crippen molar-refractivity contribution in [3.63, 3.8) is 0 Å². The predicted molar refractivity (Wildman–Crippen MR) is 97.7 cm³/mol. The van der Waals surface area contributed by atoms with Crippen molar-refractivity contribution >= 4 is 11.8 Å². The SMILES string of the molecule is Cc1cccc(CN2C(=O)CC[C@@]2(C)C(=O)NCc2ccccc2)c1. The Morgan fingerprint density at radius 2 is 1.84 bits per heavy atom. The molecule has 1 N–H and O–H groups in total. The molecule has 2 amide bonds. The van der Waals surface area contributed by atoms with Crippen LogP contribution in [0.2, 0.25) is 0 Å². The van der Waals surface area contributed by atoms with Gasteiger partial charge in [0, 0.05) is 19.5 Å². The van der Waals surface area contributed by atoms with Gasteiger partial charge in [-0.3, -0.25) is 9.59 Å². The van der Waals surface area contributed by atoms with Crippen LogP contribution in [0.25, 0.3) is 0 Å². The van der Waals surface area contributed by atoms with Crippen LogP contribution in [0.4, 0.5) is 0 Å². The van der Waals surface area contributed by atoms with E-state index in [0.717, 1.165) is 16.7 Å². The van der Waals surface area contributed by atoms with E-state index in [2.05, 4.69) is 11.4 Å². The molecular weight excluding hydrogens is 312 g/mol. The zero-order valence-electron chi connectivity index (χ0n) is 14.8. The summed E-state index contributed by atoms with van der Waals surface area (Å²) in [6, 6.07) is 17.9. The molecule has 1 saturated heterocycles. The van der Waals surface area contributed by atoms with E-state index < -0.39 is 5.54 Å². The van der Waals surface area contributed by atoms with Gasteiger partial charge in [0.25, 0.3) is 0 Å². The monoisotopic (exact) mass is 336 g/mol. The van der Waals surface area contributed by atoms with Crippen LogP contribution in [0.3, 0.4) is 0 Å². The average molecular weight is 336 g/mol. The number of rotatable bonds is 5. The number of benzene rings is 2. The first kappa shape index (κ1) is 17.2. The summed E-state index contributed by atoms with van der Waals surface area (Å²) in [6.07, 6.45) is 0.972. The van der Waals surface area contributed by atoms with Crippen molar-refractivity contribution in [3.8, 4) is 0 Å². The first-order valence-corrected chi connectivity index (χ1v) is 8.67. The number of hydrogen-bond donors (Lipinski definition) is 1. The van der Waals surface area contributed by atoms with Crippen molar-refractivity contribution in [1.82, 2.24) is 10.2 Å². The Hall–Kier alpha value is -2.62. The minimum absolute atomic E-state index is 0.0406. The lowest BCUT2D eigenvalue weighted by Gasteiger charge is -2.34. The van der Waals surface area contributed by atoms with Gasteiger partial charge < -0.3 is 10.2 Å². The molecule has 1 atom stereocenters. The maximum atomic E-state index is 12.8. The van der Waals surface area contributed by atoms with Gasteiger partial charge in [0.1, 0.15) is 5.54 Å². The lowest BCUT2D eigenvalue weighted by Crippen LogP contribution is -2.53. The molecule has 3 rings (SSSR count). The smallest absolute Gasteiger partial charge is 0.245 e. The van der Waals surface area contributed by atoms with Crippen LogP contribution in [0.5, 0.6) is 0 Å². The summed E-state index contributed by atoms with van der Waals surface area (Å²) in [6.45, 7) is 4.84. The van der Waals surface area contributed by atoms with E-state index in [1.807, 2.05) is 62.4 Å². The Bertz CT molecular complexity index is 772. The van der Waals surface area contributed by atoms with Crippen molar-refractivity contribution in [2.24, 2.45) is 0 Å².